The van der Waals surface area contributed by atoms with E-state index in [0.717, 1.165) is 57.8 Å². The molecule has 0 aromatic rings. The molecule has 8 heteroatoms. The Morgan fingerprint density at radius 2 is 0.982 bits per heavy atom. The van der Waals surface area contributed by atoms with Crippen molar-refractivity contribution in [3.05, 3.63) is 36.5 Å². The summed E-state index contributed by atoms with van der Waals surface area (Å²) in [5.74, 6) is -1.46. The fourth-order valence-electron chi connectivity index (χ4n) is 6.93. The van der Waals surface area contributed by atoms with Crippen molar-refractivity contribution in [3.63, 3.8) is 0 Å². The van der Waals surface area contributed by atoms with Gasteiger partial charge in [0.2, 0.25) is 0 Å². The van der Waals surface area contributed by atoms with E-state index in [-0.39, 0.29) is 36.2 Å². The van der Waals surface area contributed by atoms with E-state index in [9.17, 15) is 19.5 Å². The third kappa shape index (κ3) is 38.8. The predicted octanol–water partition coefficient (Wildman–Crippen LogP) is 13.0. The molecule has 2 unspecified atom stereocenters. The van der Waals surface area contributed by atoms with Gasteiger partial charge in [0.05, 0.1) is 34.4 Å². The SMILES string of the molecule is CC/C=C/C/C=C/C/C=C/CCCCCCCCCCCCCCCC(=O)OC(COCCC(C(=O)O)[N+](C)(C)C)COC(=O)CCCCCCCCCCCC. The third-order valence-corrected chi connectivity index (χ3v) is 10.6. The van der Waals surface area contributed by atoms with Crippen LogP contribution in [0.15, 0.2) is 36.5 Å². The summed E-state index contributed by atoms with van der Waals surface area (Å²) >= 11 is 0. The van der Waals surface area contributed by atoms with Gasteiger partial charge in [-0.1, -0.05) is 179 Å². The van der Waals surface area contributed by atoms with Gasteiger partial charge in [-0.3, -0.25) is 9.59 Å². The summed E-state index contributed by atoms with van der Waals surface area (Å²) in [6.07, 6.45) is 46.2. The molecule has 0 spiro atoms. The van der Waals surface area contributed by atoms with Gasteiger partial charge >= 0.3 is 17.9 Å². The number of ether oxygens (including phenoxy) is 3. The van der Waals surface area contributed by atoms with Crippen LogP contribution >= 0.6 is 0 Å². The fraction of sp³-hybridized carbons (Fsp3) is 0.816. The highest BCUT2D eigenvalue weighted by atomic mass is 16.6. The highest BCUT2D eigenvalue weighted by Crippen LogP contribution is 2.15. The van der Waals surface area contributed by atoms with Crippen molar-refractivity contribution in [2.75, 3.05) is 41.0 Å². The minimum Gasteiger partial charge on any atom is -0.477 e. The fourth-order valence-corrected chi connectivity index (χ4v) is 6.93. The molecule has 0 aromatic heterocycles. The molecule has 2 atom stereocenters. The number of carbonyl (C=O) groups excluding carboxylic acids is 2. The molecule has 332 valence electrons. The zero-order valence-corrected chi connectivity index (χ0v) is 37.8. The number of esters is 2. The van der Waals surface area contributed by atoms with E-state index in [4.69, 9.17) is 14.2 Å². The zero-order chi connectivity index (χ0) is 42.1. The van der Waals surface area contributed by atoms with Gasteiger partial charge in [0.15, 0.2) is 12.1 Å². The van der Waals surface area contributed by atoms with Crippen molar-refractivity contribution >= 4 is 17.9 Å². The topological polar surface area (TPSA) is 99.1 Å². The van der Waals surface area contributed by atoms with E-state index in [1.165, 1.54) is 116 Å². The lowest BCUT2D eigenvalue weighted by molar-refractivity contribution is -0.887. The third-order valence-electron chi connectivity index (χ3n) is 10.6. The van der Waals surface area contributed by atoms with E-state index < -0.39 is 18.1 Å². The standard InChI is InChI=1S/C49H89NO7/c1-6-8-10-12-14-16-18-19-20-21-22-23-24-25-26-27-28-29-30-32-34-36-38-40-48(52)57-45(43-55-42-41-46(49(53)54)50(3,4)5)44-56-47(51)39-37-35-33-31-17-15-13-11-9-7-2/h8,10,14,16,19-20,45-46H,6-7,9,11-13,15,17-18,21-44H2,1-5H3/p+1/b10-8+,16-14+,20-19+. The molecule has 0 radical (unpaired) electrons. The smallest absolute Gasteiger partial charge is 0.362 e. The number of carboxylic acids is 1. The van der Waals surface area contributed by atoms with E-state index in [2.05, 4.69) is 50.3 Å². The summed E-state index contributed by atoms with van der Waals surface area (Å²) in [4.78, 5) is 37.0. The second-order valence-corrected chi connectivity index (χ2v) is 17.0. The maximum Gasteiger partial charge on any atom is 0.362 e. The van der Waals surface area contributed by atoms with Gasteiger partial charge in [0.1, 0.15) is 6.61 Å². The van der Waals surface area contributed by atoms with Crippen LogP contribution < -0.4 is 0 Å². The van der Waals surface area contributed by atoms with Crippen molar-refractivity contribution < 1.29 is 38.2 Å². The van der Waals surface area contributed by atoms with Gasteiger partial charge in [0, 0.05) is 19.3 Å². The number of quaternary nitrogens is 1. The van der Waals surface area contributed by atoms with Crippen molar-refractivity contribution in [2.24, 2.45) is 0 Å². The number of carbonyl (C=O) groups is 3. The lowest BCUT2D eigenvalue weighted by atomic mass is 10.0. The first kappa shape index (κ1) is 54.6. The van der Waals surface area contributed by atoms with E-state index in [1.807, 2.05) is 21.1 Å². The molecule has 0 saturated carbocycles. The van der Waals surface area contributed by atoms with Crippen molar-refractivity contribution in [2.45, 2.75) is 219 Å². The summed E-state index contributed by atoms with van der Waals surface area (Å²) in [6.45, 7) is 4.63. The highest BCUT2D eigenvalue weighted by Gasteiger charge is 2.31. The first-order valence-corrected chi connectivity index (χ1v) is 23.5. The van der Waals surface area contributed by atoms with Crippen molar-refractivity contribution in [1.29, 1.82) is 0 Å². The summed E-state index contributed by atoms with van der Waals surface area (Å²) in [6, 6.07) is -0.612. The van der Waals surface area contributed by atoms with Crippen LogP contribution in [0, 0.1) is 0 Å². The van der Waals surface area contributed by atoms with Crippen LogP contribution in [-0.2, 0) is 28.6 Å². The normalized spacial score (nSPS) is 13.2. The Bertz CT molecular complexity index is 1030. The lowest BCUT2D eigenvalue weighted by Crippen LogP contribution is -2.50. The monoisotopic (exact) mass is 805 g/mol. The van der Waals surface area contributed by atoms with Crippen LogP contribution in [-0.4, -0.2) is 80.6 Å². The molecule has 57 heavy (non-hydrogen) atoms. The van der Waals surface area contributed by atoms with Crippen LogP contribution in [0.25, 0.3) is 0 Å². The Kier molecular flexibility index (Phi) is 38.6. The Balaban J connectivity index is 4.18. The van der Waals surface area contributed by atoms with Crippen LogP contribution in [0.3, 0.4) is 0 Å². The Morgan fingerprint density at radius 1 is 0.544 bits per heavy atom. The van der Waals surface area contributed by atoms with Crippen LogP contribution in [0.4, 0.5) is 0 Å². The summed E-state index contributed by atoms with van der Waals surface area (Å²) in [5.41, 5.74) is 0. The molecule has 0 aliphatic heterocycles. The number of likely N-dealkylation sites (N-methyl/N-ethyl adjacent to an activating group) is 1. The molecular weight excluding hydrogens is 715 g/mol. The number of allylic oxidation sites excluding steroid dienone is 6. The predicted molar refractivity (Wildman–Crippen MR) is 238 cm³/mol. The van der Waals surface area contributed by atoms with Gasteiger partial charge in [-0.25, -0.2) is 4.79 Å². The molecule has 0 aliphatic carbocycles. The number of carboxylic acid groups (broad SMARTS) is 1. The molecule has 8 nitrogen and oxygen atoms in total. The maximum atomic E-state index is 12.7. The second kappa shape index (κ2) is 40.3. The number of hydrogen-bond acceptors (Lipinski definition) is 6. The van der Waals surface area contributed by atoms with Crippen molar-refractivity contribution in [3.8, 4) is 0 Å². The molecule has 0 heterocycles. The Labute approximate surface area is 351 Å². The minimum absolute atomic E-state index is 0.0479. The molecule has 0 bridgehead atoms. The van der Waals surface area contributed by atoms with Crippen LogP contribution in [0.5, 0.6) is 0 Å². The summed E-state index contributed by atoms with van der Waals surface area (Å²) < 4.78 is 17.3. The number of rotatable bonds is 42. The molecule has 0 aromatic carbocycles. The molecule has 0 saturated heterocycles. The van der Waals surface area contributed by atoms with E-state index in [1.54, 1.807) is 0 Å². The van der Waals surface area contributed by atoms with Crippen LogP contribution in [0.2, 0.25) is 0 Å². The largest absolute Gasteiger partial charge is 0.477 e. The van der Waals surface area contributed by atoms with E-state index >= 15 is 0 Å². The second-order valence-electron chi connectivity index (χ2n) is 17.0. The molecule has 0 fully saturated rings. The molecule has 1 N–H and O–H groups in total. The van der Waals surface area contributed by atoms with E-state index in [0.29, 0.717) is 19.3 Å². The summed E-state index contributed by atoms with van der Waals surface area (Å²) in [7, 11) is 5.53. The molecule has 0 rings (SSSR count). The quantitative estimate of drug-likeness (QED) is 0.0284. The van der Waals surface area contributed by atoms with Crippen LogP contribution in [0.1, 0.15) is 206 Å². The summed E-state index contributed by atoms with van der Waals surface area (Å²) in [5, 5.41) is 9.62. The van der Waals surface area contributed by atoms with Gasteiger partial charge in [0.25, 0.3) is 0 Å². The van der Waals surface area contributed by atoms with Gasteiger partial charge in [-0.2, -0.15) is 0 Å². The Hall–Kier alpha value is -2.45. The molecule has 0 aliphatic rings. The zero-order valence-electron chi connectivity index (χ0n) is 37.8. The number of hydrogen-bond donors (Lipinski definition) is 1. The van der Waals surface area contributed by atoms with Gasteiger partial charge < -0.3 is 23.8 Å². The first-order chi connectivity index (χ1) is 27.6. The van der Waals surface area contributed by atoms with Crippen molar-refractivity contribution in [1.82, 2.24) is 0 Å². The number of unbranched alkanes of at least 4 members (excludes halogenated alkanes) is 22. The number of nitrogens with zero attached hydrogens (tertiary/aromatic N) is 1. The maximum absolute atomic E-state index is 12.7. The minimum atomic E-state index is -0.874. The average Bonchev–Trinajstić information content (AvgIpc) is 3.17. The molecular formula is C49H90NO7+. The first-order valence-electron chi connectivity index (χ1n) is 23.5. The average molecular weight is 805 g/mol. The van der Waals surface area contributed by atoms with Gasteiger partial charge in [-0.05, 0) is 44.9 Å². The highest BCUT2D eigenvalue weighted by molar-refractivity contribution is 5.72. The number of aliphatic carboxylic acids is 1. The van der Waals surface area contributed by atoms with Gasteiger partial charge in [-0.15, -0.1) is 0 Å². The lowest BCUT2D eigenvalue weighted by Gasteiger charge is -2.31. The molecule has 0 amide bonds. The Morgan fingerprint density at radius 3 is 1.46 bits per heavy atom.